The van der Waals surface area contributed by atoms with Gasteiger partial charge in [0.1, 0.15) is 0 Å². The molecule has 3 aromatic rings. The van der Waals surface area contributed by atoms with Crippen LogP contribution in [0.5, 0.6) is 0 Å². The molecular weight excluding hydrogens is 252 g/mol. The van der Waals surface area contributed by atoms with Crippen LogP contribution in [0.1, 0.15) is 18.1 Å². The summed E-state index contributed by atoms with van der Waals surface area (Å²) in [6.45, 7) is 2.19. The number of hydrogen-bond donors (Lipinski definition) is 0. The molecule has 0 saturated carbocycles. The van der Waals surface area contributed by atoms with E-state index < -0.39 is 0 Å². The van der Waals surface area contributed by atoms with Crippen molar-refractivity contribution in [1.29, 1.82) is 0 Å². The Balaban J connectivity index is 2.24. The Morgan fingerprint density at radius 1 is 0.667 bits per heavy atom. The lowest BCUT2D eigenvalue weighted by molar-refractivity contribution is 1.43. The summed E-state index contributed by atoms with van der Waals surface area (Å²) in [5.41, 5.74) is 3.80. The molecule has 0 aliphatic heterocycles. The fourth-order valence-electron chi connectivity index (χ4n) is 2.54. The van der Waals surface area contributed by atoms with Crippen molar-refractivity contribution < 1.29 is 0 Å². The first-order valence-corrected chi connectivity index (χ1v) is 7.23. The monoisotopic (exact) mass is 270 g/mol. The third kappa shape index (κ3) is 3.11. The second kappa shape index (κ2) is 6.23. The van der Waals surface area contributed by atoms with Crippen molar-refractivity contribution in [2.45, 2.75) is 6.92 Å². The Morgan fingerprint density at radius 2 is 1.24 bits per heavy atom. The Labute approximate surface area is 125 Å². The van der Waals surface area contributed by atoms with Gasteiger partial charge < -0.3 is 0 Å². The fraction of sp³-hybridized carbons (Fsp3) is 0.0476. The summed E-state index contributed by atoms with van der Waals surface area (Å²) in [6, 6.07) is 29.6. The molecule has 0 atom stereocenters. The minimum absolute atomic E-state index is 1.23. The Bertz CT molecular complexity index is 828. The third-order valence-corrected chi connectivity index (χ3v) is 3.69. The van der Waals surface area contributed by atoms with E-state index in [4.69, 9.17) is 0 Å². The highest BCUT2D eigenvalue weighted by atomic mass is 14.0. The molecule has 0 nitrogen and oxygen atoms in total. The van der Waals surface area contributed by atoms with Crippen LogP contribution in [-0.2, 0) is 0 Å². The van der Waals surface area contributed by atoms with Crippen LogP contribution < -0.4 is 10.4 Å². The summed E-state index contributed by atoms with van der Waals surface area (Å²) >= 11 is 0. The van der Waals surface area contributed by atoms with E-state index in [1.165, 1.54) is 27.1 Å². The average molecular weight is 270 g/mol. The van der Waals surface area contributed by atoms with Crippen LogP contribution in [0.15, 0.2) is 84.9 Å². The van der Waals surface area contributed by atoms with Crippen molar-refractivity contribution >= 4 is 11.6 Å². The summed E-state index contributed by atoms with van der Waals surface area (Å²) in [5, 5.41) is 2.54. The van der Waals surface area contributed by atoms with Crippen molar-refractivity contribution in [1.82, 2.24) is 0 Å². The lowest BCUT2D eigenvalue weighted by Gasteiger charge is -2.02. The van der Waals surface area contributed by atoms with Gasteiger partial charge in [0, 0.05) is 0 Å². The number of benzene rings is 3. The quantitative estimate of drug-likeness (QED) is 0.665. The first-order valence-electron chi connectivity index (χ1n) is 7.23. The zero-order valence-corrected chi connectivity index (χ0v) is 12.2. The van der Waals surface area contributed by atoms with Crippen molar-refractivity contribution in [3.05, 3.63) is 106 Å². The van der Waals surface area contributed by atoms with E-state index in [-0.39, 0.29) is 0 Å². The van der Waals surface area contributed by atoms with E-state index in [1.54, 1.807) is 0 Å². The summed E-state index contributed by atoms with van der Waals surface area (Å²) < 4.78 is 0. The molecular formula is C21H18. The molecule has 0 heteroatoms. The molecule has 0 N–H and O–H groups in total. The van der Waals surface area contributed by atoms with Crippen LogP contribution >= 0.6 is 0 Å². The van der Waals surface area contributed by atoms with Gasteiger partial charge in [0.25, 0.3) is 0 Å². The molecule has 0 aliphatic rings. The van der Waals surface area contributed by atoms with Gasteiger partial charge >= 0.3 is 0 Å². The predicted octanol–water partition coefficient (Wildman–Crippen LogP) is 3.73. The molecule has 102 valence electrons. The fourth-order valence-corrected chi connectivity index (χ4v) is 2.54. The maximum absolute atomic E-state index is 2.24. The molecule has 21 heavy (non-hydrogen) atoms. The maximum Gasteiger partial charge on any atom is -0.0149 e. The SMILES string of the molecule is C/C(c1ccccc1)=c1\cccc\c1=C/c1ccccc1. The predicted molar refractivity (Wildman–Crippen MR) is 90.3 cm³/mol. The molecule has 0 saturated heterocycles. The van der Waals surface area contributed by atoms with Crippen molar-refractivity contribution in [2.24, 2.45) is 0 Å². The molecule has 3 aromatic carbocycles. The van der Waals surface area contributed by atoms with Crippen LogP contribution in [-0.4, -0.2) is 0 Å². The van der Waals surface area contributed by atoms with E-state index in [9.17, 15) is 0 Å². The summed E-state index contributed by atoms with van der Waals surface area (Å²) in [7, 11) is 0. The minimum Gasteiger partial charge on any atom is -0.0622 e. The standard InChI is InChI=1S/C21H18/c1-17(19-12-6-3-7-13-19)21-15-9-8-14-20(21)16-18-10-4-2-5-11-18/h2-16H,1H3/b20-16+,21-17-. The molecule has 0 unspecified atom stereocenters. The number of rotatable bonds is 2. The van der Waals surface area contributed by atoms with Crippen LogP contribution in [0.25, 0.3) is 11.6 Å². The molecule has 0 fully saturated rings. The highest BCUT2D eigenvalue weighted by Crippen LogP contribution is 2.08. The van der Waals surface area contributed by atoms with Crippen LogP contribution in [0.4, 0.5) is 0 Å². The largest absolute Gasteiger partial charge is 0.0622 e. The molecule has 0 amide bonds. The van der Waals surface area contributed by atoms with Crippen LogP contribution in [0, 0.1) is 0 Å². The normalized spacial score (nSPS) is 13.1. The van der Waals surface area contributed by atoms with Gasteiger partial charge in [-0.25, -0.2) is 0 Å². The van der Waals surface area contributed by atoms with Crippen molar-refractivity contribution in [3.63, 3.8) is 0 Å². The van der Waals surface area contributed by atoms with E-state index in [1.807, 2.05) is 6.07 Å². The minimum atomic E-state index is 1.23. The zero-order valence-electron chi connectivity index (χ0n) is 12.2. The second-order valence-corrected chi connectivity index (χ2v) is 5.13. The summed E-state index contributed by atoms with van der Waals surface area (Å²) in [5.74, 6) is 0. The first kappa shape index (κ1) is 13.4. The molecule has 0 aromatic heterocycles. The molecule has 0 heterocycles. The van der Waals surface area contributed by atoms with E-state index in [0.717, 1.165) is 0 Å². The van der Waals surface area contributed by atoms with Gasteiger partial charge in [0.2, 0.25) is 0 Å². The highest BCUT2D eigenvalue weighted by molar-refractivity contribution is 5.64. The van der Waals surface area contributed by atoms with Crippen molar-refractivity contribution in [2.75, 3.05) is 0 Å². The van der Waals surface area contributed by atoms with Gasteiger partial charge in [0.15, 0.2) is 0 Å². The van der Waals surface area contributed by atoms with Gasteiger partial charge in [-0.3, -0.25) is 0 Å². The topological polar surface area (TPSA) is 0 Å². The van der Waals surface area contributed by atoms with E-state index in [2.05, 4.69) is 91.9 Å². The Hall–Kier alpha value is -2.60. The van der Waals surface area contributed by atoms with Gasteiger partial charge in [-0.15, -0.1) is 0 Å². The zero-order chi connectivity index (χ0) is 14.5. The Kier molecular flexibility index (Phi) is 3.97. The van der Waals surface area contributed by atoms with E-state index in [0.29, 0.717) is 0 Å². The molecule has 0 spiro atoms. The molecule has 3 rings (SSSR count). The summed E-state index contributed by atoms with van der Waals surface area (Å²) in [6.07, 6.45) is 2.24. The van der Waals surface area contributed by atoms with Crippen LogP contribution in [0.2, 0.25) is 0 Å². The highest BCUT2D eigenvalue weighted by Gasteiger charge is 1.96. The van der Waals surface area contributed by atoms with Gasteiger partial charge in [-0.05, 0) is 40.1 Å². The smallest absolute Gasteiger partial charge is 0.0149 e. The Morgan fingerprint density at radius 3 is 1.95 bits per heavy atom. The molecule has 0 aliphatic carbocycles. The second-order valence-electron chi connectivity index (χ2n) is 5.13. The maximum atomic E-state index is 2.24. The molecule has 0 radical (unpaired) electrons. The summed E-state index contributed by atoms with van der Waals surface area (Å²) in [4.78, 5) is 0. The van der Waals surface area contributed by atoms with Gasteiger partial charge in [-0.1, -0.05) is 84.9 Å². The van der Waals surface area contributed by atoms with Gasteiger partial charge in [-0.2, -0.15) is 0 Å². The van der Waals surface area contributed by atoms with Crippen molar-refractivity contribution in [3.8, 4) is 0 Å². The third-order valence-electron chi connectivity index (χ3n) is 3.69. The lowest BCUT2D eigenvalue weighted by Crippen LogP contribution is -2.26. The van der Waals surface area contributed by atoms with E-state index >= 15 is 0 Å². The first-order chi connectivity index (χ1) is 10.3. The number of hydrogen-bond acceptors (Lipinski definition) is 0. The van der Waals surface area contributed by atoms with Crippen LogP contribution in [0.3, 0.4) is 0 Å². The average Bonchev–Trinajstić information content (AvgIpc) is 2.56. The lowest BCUT2D eigenvalue weighted by atomic mass is 10.0. The van der Waals surface area contributed by atoms with Gasteiger partial charge in [0.05, 0.1) is 0 Å². The molecule has 0 bridgehead atoms.